The molecule has 1 aromatic heterocycles. The zero-order valence-corrected chi connectivity index (χ0v) is 20.4. The van der Waals surface area contributed by atoms with Crippen molar-refractivity contribution in [3.8, 4) is 0 Å². The standard InChI is InChI=1S/C28H26N2O5S/c1-18(29)26(31)35-27(32)25(30-28(33)34-17-19-9-3-2-4-10-19)24(23-15-8-16-36-23)22-14-7-12-20-11-5-6-13-21(20)22/h2-16,18,24-25H,17,29H2,1H3,(H,30,33)/t18-,24?,25?/m0/s1. The molecule has 2 unspecified atom stereocenters. The van der Waals surface area contributed by atoms with E-state index in [0.29, 0.717) is 0 Å². The smallest absolute Gasteiger partial charge is 0.408 e. The Morgan fingerprint density at radius 1 is 0.889 bits per heavy atom. The highest BCUT2D eigenvalue weighted by molar-refractivity contribution is 7.10. The van der Waals surface area contributed by atoms with E-state index in [4.69, 9.17) is 15.2 Å². The summed E-state index contributed by atoms with van der Waals surface area (Å²) in [6.45, 7) is 1.44. The van der Waals surface area contributed by atoms with Crippen LogP contribution >= 0.6 is 11.3 Å². The van der Waals surface area contributed by atoms with Gasteiger partial charge in [-0.2, -0.15) is 0 Å². The molecule has 0 radical (unpaired) electrons. The van der Waals surface area contributed by atoms with E-state index in [1.807, 2.05) is 90.3 Å². The Hall–Kier alpha value is -4.01. The number of fused-ring (bicyclic) bond motifs is 1. The molecule has 1 heterocycles. The van der Waals surface area contributed by atoms with Gasteiger partial charge in [-0.1, -0.05) is 78.9 Å². The number of nitrogens with two attached hydrogens (primary N) is 1. The number of alkyl carbamates (subject to hydrolysis) is 1. The van der Waals surface area contributed by atoms with E-state index in [1.165, 1.54) is 18.3 Å². The fraction of sp³-hybridized carbons (Fsp3) is 0.179. The molecule has 4 rings (SSSR count). The highest BCUT2D eigenvalue weighted by atomic mass is 32.1. The molecule has 184 valence electrons. The van der Waals surface area contributed by atoms with Gasteiger partial charge in [-0.3, -0.25) is 0 Å². The highest BCUT2D eigenvalue weighted by Gasteiger charge is 2.37. The lowest BCUT2D eigenvalue weighted by atomic mass is 9.86. The van der Waals surface area contributed by atoms with E-state index >= 15 is 0 Å². The summed E-state index contributed by atoms with van der Waals surface area (Å²) in [7, 11) is 0. The molecule has 3 N–H and O–H groups in total. The van der Waals surface area contributed by atoms with Gasteiger partial charge in [0.1, 0.15) is 18.7 Å². The van der Waals surface area contributed by atoms with E-state index < -0.39 is 36.0 Å². The first-order chi connectivity index (χ1) is 17.4. The topological polar surface area (TPSA) is 108 Å². The number of rotatable bonds is 8. The number of hydrogen-bond donors (Lipinski definition) is 2. The largest absolute Gasteiger partial charge is 0.445 e. The van der Waals surface area contributed by atoms with Crippen molar-refractivity contribution >= 4 is 40.1 Å². The molecule has 7 nitrogen and oxygen atoms in total. The number of ether oxygens (including phenoxy) is 2. The minimum absolute atomic E-state index is 0.0190. The van der Waals surface area contributed by atoms with E-state index in [0.717, 1.165) is 26.8 Å². The first-order valence-electron chi connectivity index (χ1n) is 11.4. The second-order valence-corrected chi connectivity index (χ2v) is 9.25. The Morgan fingerprint density at radius 2 is 1.61 bits per heavy atom. The summed E-state index contributed by atoms with van der Waals surface area (Å²) in [5.74, 6) is -2.44. The number of benzene rings is 3. The third-order valence-electron chi connectivity index (χ3n) is 5.65. The van der Waals surface area contributed by atoms with Crippen molar-refractivity contribution in [3.05, 3.63) is 106 Å². The number of hydrogen-bond acceptors (Lipinski definition) is 7. The van der Waals surface area contributed by atoms with Crippen LogP contribution in [0.2, 0.25) is 0 Å². The molecule has 4 aromatic rings. The number of amides is 1. The van der Waals surface area contributed by atoms with E-state index in [2.05, 4.69) is 5.32 Å². The number of nitrogens with one attached hydrogen (secondary N) is 1. The molecule has 3 aromatic carbocycles. The third-order valence-corrected chi connectivity index (χ3v) is 6.61. The Bertz CT molecular complexity index is 1330. The average molecular weight is 503 g/mol. The van der Waals surface area contributed by atoms with E-state index in [-0.39, 0.29) is 6.61 Å². The molecule has 36 heavy (non-hydrogen) atoms. The number of thiophene rings is 1. The van der Waals surface area contributed by atoms with Gasteiger partial charge in [0.2, 0.25) is 0 Å². The molecule has 8 heteroatoms. The maximum absolute atomic E-state index is 13.3. The third kappa shape index (κ3) is 5.97. The molecule has 1 amide bonds. The lowest BCUT2D eigenvalue weighted by Crippen LogP contribution is -2.48. The number of carbonyl (C=O) groups is 3. The Balaban J connectivity index is 1.71. The van der Waals surface area contributed by atoms with Crippen LogP contribution in [-0.4, -0.2) is 30.1 Å². The Kier molecular flexibility index (Phi) is 8.10. The van der Waals surface area contributed by atoms with Crippen LogP contribution in [0.3, 0.4) is 0 Å². The Labute approximate surface area is 212 Å². The highest BCUT2D eigenvalue weighted by Crippen LogP contribution is 2.36. The van der Waals surface area contributed by atoms with Crippen LogP contribution in [-0.2, 0) is 25.7 Å². The van der Waals surface area contributed by atoms with Gasteiger partial charge < -0.3 is 20.5 Å². The van der Waals surface area contributed by atoms with Crippen molar-refractivity contribution in [2.75, 3.05) is 0 Å². The molecule has 0 fully saturated rings. The van der Waals surface area contributed by atoms with Gasteiger partial charge in [-0.05, 0) is 40.3 Å². The minimum Gasteiger partial charge on any atom is -0.445 e. The summed E-state index contributed by atoms with van der Waals surface area (Å²) in [6, 6.07) is 24.2. The van der Waals surface area contributed by atoms with Crippen LogP contribution in [0, 0.1) is 0 Å². The second kappa shape index (κ2) is 11.6. The summed E-state index contributed by atoms with van der Waals surface area (Å²) in [4.78, 5) is 39.2. The lowest BCUT2D eigenvalue weighted by molar-refractivity contribution is -0.162. The molecular formula is C28H26N2O5S. The van der Waals surface area contributed by atoms with Gasteiger partial charge in [0, 0.05) is 4.88 Å². The summed E-state index contributed by atoms with van der Waals surface area (Å²) in [5.41, 5.74) is 7.21. The zero-order valence-electron chi connectivity index (χ0n) is 19.6. The van der Waals surface area contributed by atoms with Crippen LogP contribution in [0.1, 0.15) is 28.8 Å². The lowest BCUT2D eigenvalue weighted by Gasteiger charge is -2.27. The van der Waals surface area contributed by atoms with Gasteiger partial charge in [0.15, 0.2) is 0 Å². The Morgan fingerprint density at radius 3 is 2.33 bits per heavy atom. The van der Waals surface area contributed by atoms with Gasteiger partial charge in [0.25, 0.3) is 0 Å². The summed E-state index contributed by atoms with van der Waals surface area (Å²) >= 11 is 1.43. The SMILES string of the molecule is C[C@H](N)C(=O)OC(=O)C(NC(=O)OCc1ccccc1)C(c1cccs1)c1cccc2ccccc12. The van der Waals surface area contributed by atoms with Crippen molar-refractivity contribution in [3.63, 3.8) is 0 Å². The van der Waals surface area contributed by atoms with Gasteiger partial charge in [0.05, 0.1) is 5.92 Å². The maximum atomic E-state index is 13.3. The molecule has 0 aliphatic carbocycles. The van der Waals surface area contributed by atoms with Crippen molar-refractivity contribution in [2.24, 2.45) is 5.73 Å². The fourth-order valence-electron chi connectivity index (χ4n) is 3.91. The monoisotopic (exact) mass is 502 g/mol. The molecule has 0 spiro atoms. The normalized spacial score (nSPS) is 13.4. The van der Waals surface area contributed by atoms with Crippen molar-refractivity contribution < 1.29 is 23.9 Å². The molecule has 0 aliphatic rings. The first-order valence-corrected chi connectivity index (χ1v) is 12.3. The first kappa shape index (κ1) is 25.1. The van der Waals surface area contributed by atoms with Crippen LogP contribution in [0.5, 0.6) is 0 Å². The predicted molar refractivity (Wildman–Crippen MR) is 138 cm³/mol. The molecule has 3 atom stereocenters. The van der Waals surface area contributed by atoms with Gasteiger partial charge in [-0.25, -0.2) is 14.4 Å². The van der Waals surface area contributed by atoms with Crippen LogP contribution < -0.4 is 11.1 Å². The quantitative estimate of drug-likeness (QED) is 0.266. The average Bonchev–Trinajstić information content (AvgIpc) is 3.42. The maximum Gasteiger partial charge on any atom is 0.408 e. The number of esters is 2. The summed E-state index contributed by atoms with van der Waals surface area (Å²) in [5, 5.41) is 6.43. The summed E-state index contributed by atoms with van der Waals surface area (Å²) < 4.78 is 10.5. The molecular weight excluding hydrogens is 476 g/mol. The predicted octanol–water partition coefficient (Wildman–Crippen LogP) is 4.75. The van der Waals surface area contributed by atoms with Gasteiger partial charge >= 0.3 is 18.0 Å². The molecule has 0 saturated heterocycles. The van der Waals surface area contributed by atoms with Crippen LogP contribution in [0.25, 0.3) is 10.8 Å². The van der Waals surface area contributed by atoms with Gasteiger partial charge in [-0.15, -0.1) is 11.3 Å². The van der Waals surface area contributed by atoms with Crippen molar-refractivity contribution in [1.29, 1.82) is 0 Å². The second-order valence-electron chi connectivity index (χ2n) is 8.27. The van der Waals surface area contributed by atoms with E-state index in [9.17, 15) is 14.4 Å². The van der Waals surface area contributed by atoms with Crippen molar-refractivity contribution in [1.82, 2.24) is 5.32 Å². The fourth-order valence-corrected chi connectivity index (χ4v) is 4.79. The van der Waals surface area contributed by atoms with E-state index in [1.54, 1.807) is 0 Å². The molecule has 0 saturated carbocycles. The zero-order chi connectivity index (χ0) is 25.5. The van der Waals surface area contributed by atoms with Crippen LogP contribution in [0.4, 0.5) is 4.79 Å². The van der Waals surface area contributed by atoms with Crippen LogP contribution in [0.15, 0.2) is 90.3 Å². The minimum atomic E-state index is -1.25. The number of carbonyl (C=O) groups excluding carboxylic acids is 3. The molecule has 0 bridgehead atoms. The summed E-state index contributed by atoms with van der Waals surface area (Å²) in [6.07, 6.45) is -0.809. The van der Waals surface area contributed by atoms with Crippen molar-refractivity contribution in [2.45, 2.75) is 31.5 Å². The molecule has 0 aliphatic heterocycles.